The van der Waals surface area contributed by atoms with Crippen molar-refractivity contribution in [3.63, 3.8) is 0 Å². The number of hydrogen-bond donors (Lipinski definition) is 3. The predicted octanol–water partition coefficient (Wildman–Crippen LogP) is 6.59. The number of hydrazone groups is 1. The van der Waals surface area contributed by atoms with Crippen LogP contribution in [-0.2, 0) is 0 Å². The molecule has 39 heavy (non-hydrogen) atoms. The highest BCUT2D eigenvalue weighted by molar-refractivity contribution is 5.78. The molecule has 5 aromatic rings. The van der Waals surface area contributed by atoms with Crippen LogP contribution < -0.4 is 16.1 Å². The van der Waals surface area contributed by atoms with Crippen LogP contribution in [0.1, 0.15) is 16.9 Å². The summed E-state index contributed by atoms with van der Waals surface area (Å²) in [5.74, 6) is 1.92. The highest BCUT2D eigenvalue weighted by atomic mass is 16.6. The average molecular weight is 521 g/mol. The summed E-state index contributed by atoms with van der Waals surface area (Å²) in [6.07, 6.45) is 1.49. The first kappa shape index (κ1) is 25.1. The molecule has 0 saturated carbocycles. The maximum absolute atomic E-state index is 10.9. The van der Waals surface area contributed by atoms with Gasteiger partial charge in [0.2, 0.25) is 17.8 Å². The average Bonchev–Trinajstić information content (AvgIpc) is 3.40. The first-order valence-electron chi connectivity index (χ1n) is 12.0. The Balaban J connectivity index is 1.34. The van der Waals surface area contributed by atoms with Crippen molar-refractivity contribution in [3.8, 4) is 11.3 Å². The second-order valence-electron chi connectivity index (χ2n) is 8.62. The molecule has 3 N–H and O–H groups in total. The number of benzene rings is 3. The Morgan fingerprint density at radius 1 is 0.846 bits per heavy atom. The second-order valence-corrected chi connectivity index (χ2v) is 8.62. The molecule has 0 saturated heterocycles. The smallest absolute Gasteiger partial charge is 0.269 e. The zero-order valence-corrected chi connectivity index (χ0v) is 21.1. The molecule has 194 valence electrons. The van der Waals surface area contributed by atoms with Crippen molar-refractivity contribution in [1.82, 2.24) is 15.0 Å². The number of aromatic nitrogens is 3. The molecule has 0 aliphatic heterocycles. The fraction of sp³-hybridized carbons (Fsp3) is 0.0714. The summed E-state index contributed by atoms with van der Waals surface area (Å²) in [5.41, 5.74) is 7.47. The van der Waals surface area contributed by atoms with Gasteiger partial charge in [0.25, 0.3) is 5.69 Å². The molecule has 0 aliphatic carbocycles. The van der Waals surface area contributed by atoms with Gasteiger partial charge in [-0.25, -0.2) is 5.43 Å². The lowest BCUT2D eigenvalue weighted by Gasteiger charge is -2.12. The van der Waals surface area contributed by atoms with Crippen LogP contribution >= 0.6 is 0 Å². The number of anilines is 5. The number of para-hydroxylation sites is 1. The van der Waals surface area contributed by atoms with Gasteiger partial charge in [-0.2, -0.15) is 20.1 Å². The van der Waals surface area contributed by atoms with Crippen LogP contribution in [0.25, 0.3) is 11.3 Å². The number of nitrogens with zero attached hydrogens (tertiary/aromatic N) is 5. The Kier molecular flexibility index (Phi) is 7.21. The standard InChI is InChI=1S/C28H24N8O3/c1-18-8-14-24(19(2)16-18)31-27-32-26(30-21-6-4-3-5-7-21)33-28(34-27)35-29-17-23-13-15-25(39-23)20-9-11-22(12-10-20)36(37)38/h3-17H,1-2H3,(H3,30,31,32,33,34,35)/b29-17+. The van der Waals surface area contributed by atoms with E-state index >= 15 is 0 Å². The normalized spacial score (nSPS) is 10.9. The molecule has 0 spiro atoms. The monoisotopic (exact) mass is 520 g/mol. The number of rotatable bonds is 9. The summed E-state index contributed by atoms with van der Waals surface area (Å²) in [4.78, 5) is 23.8. The molecule has 0 unspecified atom stereocenters. The first-order chi connectivity index (χ1) is 18.9. The van der Waals surface area contributed by atoms with E-state index in [1.54, 1.807) is 24.3 Å². The topological polar surface area (TPSA) is 143 Å². The number of nitro benzene ring substituents is 1. The van der Waals surface area contributed by atoms with Gasteiger partial charge in [-0.3, -0.25) is 10.1 Å². The van der Waals surface area contributed by atoms with Gasteiger partial charge < -0.3 is 15.1 Å². The molecular formula is C28H24N8O3. The molecule has 2 heterocycles. The Bertz CT molecular complexity index is 1630. The molecule has 0 radical (unpaired) electrons. The largest absolute Gasteiger partial charge is 0.455 e. The third-order valence-corrected chi connectivity index (χ3v) is 5.64. The molecule has 3 aromatic carbocycles. The summed E-state index contributed by atoms with van der Waals surface area (Å²) in [6, 6.07) is 25.3. The number of hydrogen-bond acceptors (Lipinski definition) is 10. The van der Waals surface area contributed by atoms with Crippen LogP contribution in [-0.4, -0.2) is 26.1 Å². The van der Waals surface area contributed by atoms with Gasteiger partial charge in [0.15, 0.2) is 0 Å². The van der Waals surface area contributed by atoms with Crippen molar-refractivity contribution >= 4 is 41.1 Å². The fourth-order valence-electron chi connectivity index (χ4n) is 3.74. The molecule has 11 nitrogen and oxygen atoms in total. The van der Waals surface area contributed by atoms with E-state index in [0.29, 0.717) is 29.0 Å². The number of aryl methyl sites for hydroxylation is 2. The minimum absolute atomic E-state index is 0.0150. The molecule has 0 fully saturated rings. The number of nitrogens with one attached hydrogen (secondary N) is 3. The SMILES string of the molecule is Cc1ccc(Nc2nc(N/N=C/c3ccc(-c4ccc([N+](=O)[O-])cc4)o3)nc(Nc3ccccc3)n2)c(C)c1. The van der Waals surface area contributed by atoms with Gasteiger partial charge >= 0.3 is 0 Å². The van der Waals surface area contributed by atoms with E-state index < -0.39 is 4.92 Å². The highest BCUT2D eigenvalue weighted by Crippen LogP contribution is 2.25. The van der Waals surface area contributed by atoms with E-state index in [0.717, 1.165) is 22.5 Å². The molecule has 5 rings (SSSR count). The Morgan fingerprint density at radius 2 is 1.56 bits per heavy atom. The summed E-state index contributed by atoms with van der Waals surface area (Å²) in [7, 11) is 0. The van der Waals surface area contributed by atoms with Crippen LogP contribution in [0.2, 0.25) is 0 Å². The molecule has 11 heteroatoms. The van der Waals surface area contributed by atoms with E-state index in [-0.39, 0.29) is 11.6 Å². The third-order valence-electron chi connectivity index (χ3n) is 5.64. The third kappa shape index (κ3) is 6.41. The number of non-ortho nitro benzene ring substituents is 1. The van der Waals surface area contributed by atoms with E-state index in [9.17, 15) is 10.1 Å². The van der Waals surface area contributed by atoms with Crippen molar-refractivity contribution in [1.29, 1.82) is 0 Å². The zero-order valence-electron chi connectivity index (χ0n) is 21.1. The summed E-state index contributed by atoms with van der Waals surface area (Å²) < 4.78 is 5.80. The maximum Gasteiger partial charge on any atom is 0.269 e. The first-order valence-corrected chi connectivity index (χ1v) is 12.0. The fourth-order valence-corrected chi connectivity index (χ4v) is 3.74. The van der Waals surface area contributed by atoms with Crippen LogP contribution in [0.4, 0.5) is 34.9 Å². The van der Waals surface area contributed by atoms with Crippen molar-refractivity contribution in [2.45, 2.75) is 13.8 Å². The van der Waals surface area contributed by atoms with E-state index in [4.69, 9.17) is 4.42 Å². The Morgan fingerprint density at radius 3 is 2.28 bits per heavy atom. The van der Waals surface area contributed by atoms with Crippen LogP contribution in [0.5, 0.6) is 0 Å². The minimum atomic E-state index is -0.444. The Labute approximate surface area is 223 Å². The summed E-state index contributed by atoms with van der Waals surface area (Å²) >= 11 is 0. The van der Waals surface area contributed by atoms with E-state index in [1.807, 2.05) is 56.3 Å². The van der Waals surface area contributed by atoms with Crippen molar-refractivity contribution in [3.05, 3.63) is 112 Å². The van der Waals surface area contributed by atoms with E-state index in [1.165, 1.54) is 18.3 Å². The van der Waals surface area contributed by atoms with E-state index in [2.05, 4.69) is 42.2 Å². The summed E-state index contributed by atoms with van der Waals surface area (Å²) in [5, 5.41) is 21.5. The minimum Gasteiger partial charge on any atom is -0.455 e. The molecule has 2 aromatic heterocycles. The zero-order chi connectivity index (χ0) is 27.2. The molecule has 0 aliphatic rings. The van der Waals surface area contributed by atoms with Crippen molar-refractivity contribution in [2.75, 3.05) is 16.1 Å². The number of nitro groups is 1. The van der Waals surface area contributed by atoms with Gasteiger partial charge in [-0.15, -0.1) is 0 Å². The lowest BCUT2D eigenvalue weighted by atomic mass is 10.1. The van der Waals surface area contributed by atoms with Crippen molar-refractivity contribution in [2.24, 2.45) is 5.10 Å². The van der Waals surface area contributed by atoms with Gasteiger partial charge in [0.1, 0.15) is 11.5 Å². The lowest BCUT2D eigenvalue weighted by molar-refractivity contribution is -0.384. The van der Waals surface area contributed by atoms with Gasteiger partial charge in [0.05, 0.1) is 11.1 Å². The van der Waals surface area contributed by atoms with Crippen LogP contribution in [0.3, 0.4) is 0 Å². The quantitative estimate of drug-likeness (QED) is 0.111. The molecular weight excluding hydrogens is 496 g/mol. The van der Waals surface area contributed by atoms with Gasteiger partial charge in [0, 0.05) is 29.1 Å². The van der Waals surface area contributed by atoms with Crippen molar-refractivity contribution < 1.29 is 9.34 Å². The predicted molar refractivity (Wildman–Crippen MR) is 151 cm³/mol. The lowest BCUT2D eigenvalue weighted by Crippen LogP contribution is -2.07. The van der Waals surface area contributed by atoms with Gasteiger partial charge in [-0.1, -0.05) is 35.9 Å². The van der Waals surface area contributed by atoms with Crippen LogP contribution in [0, 0.1) is 24.0 Å². The molecule has 0 bridgehead atoms. The second kappa shape index (κ2) is 11.2. The molecule has 0 amide bonds. The number of furan rings is 1. The molecule has 0 atom stereocenters. The van der Waals surface area contributed by atoms with Crippen LogP contribution in [0.15, 0.2) is 94.4 Å². The maximum atomic E-state index is 10.9. The van der Waals surface area contributed by atoms with Gasteiger partial charge in [-0.05, 0) is 61.9 Å². The highest BCUT2D eigenvalue weighted by Gasteiger charge is 2.10. The summed E-state index contributed by atoms with van der Waals surface area (Å²) in [6.45, 7) is 4.05. The Hall–Kier alpha value is -5.58.